The van der Waals surface area contributed by atoms with Gasteiger partial charge in [0.2, 0.25) is 5.91 Å². The Balaban J connectivity index is 2.45. The number of nitrogens with one attached hydrogen (secondary N) is 2. The summed E-state index contributed by atoms with van der Waals surface area (Å²) in [5, 5.41) is 5.56. The van der Waals surface area contributed by atoms with Gasteiger partial charge in [-0.2, -0.15) is 0 Å². The summed E-state index contributed by atoms with van der Waals surface area (Å²) in [5.41, 5.74) is 1.33. The van der Waals surface area contributed by atoms with Crippen LogP contribution in [0.4, 0.5) is 10.5 Å². The monoisotopic (exact) mass is 523 g/mol. The van der Waals surface area contributed by atoms with Crippen LogP contribution < -0.4 is 15.4 Å². The number of methoxy groups -OCH3 is 1. The van der Waals surface area contributed by atoms with E-state index in [-0.39, 0.29) is 11.8 Å². The molecule has 2 N–H and O–H groups in total. The Bertz CT molecular complexity index is 1090. The van der Waals surface area contributed by atoms with E-state index in [1.54, 1.807) is 70.0 Å². The van der Waals surface area contributed by atoms with Crippen molar-refractivity contribution in [2.75, 3.05) is 19.0 Å². The Morgan fingerprint density at radius 1 is 1.08 bits per heavy atom. The van der Waals surface area contributed by atoms with E-state index >= 15 is 0 Å². The number of alkyl carbamates (subject to hydrolysis) is 1. The summed E-state index contributed by atoms with van der Waals surface area (Å²) >= 11 is 0. The normalized spacial score (nSPS) is 12.6. The van der Waals surface area contributed by atoms with Gasteiger partial charge in [0.25, 0.3) is 5.91 Å². The van der Waals surface area contributed by atoms with Crippen molar-refractivity contribution in [3.8, 4) is 5.75 Å². The van der Waals surface area contributed by atoms with E-state index in [0.717, 1.165) is 18.4 Å². The fraction of sp³-hybridized carbons (Fsp3) is 0.433. The van der Waals surface area contributed by atoms with E-state index in [1.165, 1.54) is 0 Å². The summed E-state index contributed by atoms with van der Waals surface area (Å²) in [5.74, 6) is -0.0896. The molecule has 0 aliphatic carbocycles. The highest BCUT2D eigenvalue weighted by Gasteiger charge is 2.34. The number of amides is 3. The molecule has 0 aliphatic heterocycles. The molecule has 2 aromatic rings. The van der Waals surface area contributed by atoms with Gasteiger partial charge in [-0.25, -0.2) is 4.79 Å². The Kier molecular flexibility index (Phi) is 11.4. The number of rotatable bonds is 12. The molecule has 0 spiro atoms. The second kappa shape index (κ2) is 14.2. The standard InChI is InChI=1S/C30H41N3O5/c1-8-10-11-19-33(28(35)21(3)31-29(36)38-30(4,5)6)26(23-14-12-13-22(9-2)20-23)27(34)32-24-15-17-25(37-7)18-16-24/h9,12-18,20-21,26H,2,8,10-11,19H2,1,3-7H3,(H,31,36)(H,32,34). The lowest BCUT2D eigenvalue weighted by Crippen LogP contribution is -2.51. The molecule has 3 amide bonds. The van der Waals surface area contributed by atoms with Crippen LogP contribution in [0.15, 0.2) is 55.1 Å². The molecular weight excluding hydrogens is 482 g/mol. The molecular formula is C30H41N3O5. The van der Waals surface area contributed by atoms with Gasteiger partial charge < -0.3 is 25.0 Å². The number of ether oxygens (including phenoxy) is 2. The molecule has 0 bridgehead atoms. The van der Waals surface area contributed by atoms with Crippen molar-refractivity contribution >= 4 is 29.7 Å². The highest BCUT2D eigenvalue weighted by atomic mass is 16.6. The minimum atomic E-state index is -0.941. The molecule has 0 heterocycles. The van der Waals surface area contributed by atoms with Crippen LogP contribution in [0.2, 0.25) is 0 Å². The molecule has 0 aliphatic rings. The first kappa shape index (κ1) is 30.4. The summed E-state index contributed by atoms with van der Waals surface area (Å²) in [6.45, 7) is 13.1. The van der Waals surface area contributed by atoms with Crippen LogP contribution >= 0.6 is 0 Å². The fourth-order valence-corrected chi connectivity index (χ4v) is 3.91. The van der Waals surface area contributed by atoms with Crippen LogP contribution in [0.25, 0.3) is 6.08 Å². The molecule has 0 fully saturated rings. The average molecular weight is 524 g/mol. The van der Waals surface area contributed by atoms with Crippen LogP contribution in [0.1, 0.15) is 71.0 Å². The van der Waals surface area contributed by atoms with Crippen molar-refractivity contribution in [3.63, 3.8) is 0 Å². The number of nitrogens with zero attached hydrogens (tertiary/aromatic N) is 1. The maximum atomic E-state index is 13.8. The number of hydrogen-bond acceptors (Lipinski definition) is 5. The van der Waals surface area contributed by atoms with E-state index in [0.29, 0.717) is 30.0 Å². The molecule has 2 rings (SSSR count). The average Bonchev–Trinajstić information content (AvgIpc) is 2.87. The molecule has 0 radical (unpaired) electrons. The third kappa shape index (κ3) is 9.25. The summed E-state index contributed by atoms with van der Waals surface area (Å²) < 4.78 is 10.5. The quantitative estimate of drug-likeness (QED) is 0.335. The first-order valence-electron chi connectivity index (χ1n) is 13.0. The molecule has 8 nitrogen and oxygen atoms in total. The largest absolute Gasteiger partial charge is 0.497 e. The Morgan fingerprint density at radius 3 is 2.34 bits per heavy atom. The predicted octanol–water partition coefficient (Wildman–Crippen LogP) is 5.95. The van der Waals surface area contributed by atoms with Crippen LogP contribution in [-0.2, 0) is 14.3 Å². The zero-order chi connectivity index (χ0) is 28.3. The van der Waals surface area contributed by atoms with Gasteiger partial charge in [-0.15, -0.1) is 0 Å². The number of anilines is 1. The maximum absolute atomic E-state index is 13.8. The SMILES string of the molecule is C=Cc1cccc(C(C(=O)Nc2ccc(OC)cc2)N(CCCCC)C(=O)C(C)NC(=O)OC(C)(C)C)c1. The minimum absolute atomic E-state index is 0.339. The number of hydrogen-bond donors (Lipinski definition) is 2. The van der Waals surface area contributed by atoms with Crippen molar-refractivity contribution in [2.24, 2.45) is 0 Å². The summed E-state index contributed by atoms with van der Waals surface area (Å²) in [4.78, 5) is 41.5. The number of unbranched alkanes of at least 4 members (excludes halogenated alkanes) is 2. The molecule has 2 unspecified atom stereocenters. The summed E-state index contributed by atoms with van der Waals surface area (Å²) in [6, 6.07) is 12.5. The van der Waals surface area contributed by atoms with Gasteiger partial charge >= 0.3 is 6.09 Å². The van der Waals surface area contributed by atoms with Crippen LogP contribution in [0.3, 0.4) is 0 Å². The van der Waals surface area contributed by atoms with E-state index in [1.807, 2.05) is 24.3 Å². The smallest absolute Gasteiger partial charge is 0.408 e. The summed E-state index contributed by atoms with van der Waals surface area (Å²) in [6.07, 6.45) is 3.53. The van der Waals surface area contributed by atoms with Gasteiger partial charge in [0.15, 0.2) is 0 Å². The van der Waals surface area contributed by atoms with Crippen molar-refractivity contribution in [1.82, 2.24) is 10.2 Å². The van der Waals surface area contributed by atoms with Gasteiger partial charge in [0.05, 0.1) is 7.11 Å². The molecule has 0 saturated carbocycles. The van der Waals surface area contributed by atoms with E-state index in [9.17, 15) is 14.4 Å². The van der Waals surface area contributed by atoms with Gasteiger partial charge in [0, 0.05) is 12.2 Å². The van der Waals surface area contributed by atoms with E-state index in [4.69, 9.17) is 9.47 Å². The van der Waals surface area contributed by atoms with Crippen LogP contribution in [-0.4, -0.2) is 48.1 Å². The van der Waals surface area contributed by atoms with Crippen molar-refractivity contribution in [1.29, 1.82) is 0 Å². The van der Waals surface area contributed by atoms with Gasteiger partial charge in [-0.1, -0.05) is 50.6 Å². The zero-order valence-corrected chi connectivity index (χ0v) is 23.4. The third-order valence-corrected chi connectivity index (χ3v) is 5.77. The molecule has 206 valence electrons. The van der Waals surface area contributed by atoms with Crippen molar-refractivity contribution in [3.05, 3.63) is 66.2 Å². The number of benzene rings is 2. The Hall–Kier alpha value is -3.81. The van der Waals surface area contributed by atoms with Crippen molar-refractivity contribution in [2.45, 2.75) is 71.6 Å². The Labute approximate surface area is 226 Å². The number of carbonyl (C=O) groups excluding carboxylic acids is 3. The lowest BCUT2D eigenvalue weighted by atomic mass is 10.00. The molecule has 38 heavy (non-hydrogen) atoms. The van der Waals surface area contributed by atoms with E-state index < -0.39 is 23.8 Å². The molecule has 2 aromatic carbocycles. The third-order valence-electron chi connectivity index (χ3n) is 5.77. The topological polar surface area (TPSA) is 97.0 Å². The van der Waals surface area contributed by atoms with Crippen LogP contribution in [0.5, 0.6) is 5.75 Å². The number of carbonyl (C=O) groups is 3. The molecule has 0 saturated heterocycles. The second-order valence-corrected chi connectivity index (χ2v) is 10.1. The zero-order valence-electron chi connectivity index (χ0n) is 23.4. The molecule has 8 heteroatoms. The van der Waals surface area contributed by atoms with E-state index in [2.05, 4.69) is 24.1 Å². The fourth-order valence-electron chi connectivity index (χ4n) is 3.91. The predicted molar refractivity (Wildman–Crippen MR) is 151 cm³/mol. The first-order chi connectivity index (χ1) is 18.0. The van der Waals surface area contributed by atoms with Gasteiger partial charge in [-0.3, -0.25) is 9.59 Å². The highest BCUT2D eigenvalue weighted by Crippen LogP contribution is 2.27. The lowest BCUT2D eigenvalue weighted by Gasteiger charge is -2.34. The van der Waals surface area contributed by atoms with Crippen molar-refractivity contribution < 1.29 is 23.9 Å². The summed E-state index contributed by atoms with van der Waals surface area (Å²) in [7, 11) is 1.57. The lowest BCUT2D eigenvalue weighted by molar-refractivity contribution is -0.140. The van der Waals surface area contributed by atoms with Crippen LogP contribution in [0, 0.1) is 0 Å². The van der Waals surface area contributed by atoms with Gasteiger partial charge in [-0.05, 0) is 75.6 Å². The second-order valence-electron chi connectivity index (χ2n) is 10.1. The molecule has 0 aromatic heterocycles. The minimum Gasteiger partial charge on any atom is -0.497 e. The molecule has 2 atom stereocenters. The highest BCUT2D eigenvalue weighted by molar-refractivity contribution is 5.99. The maximum Gasteiger partial charge on any atom is 0.408 e. The van der Waals surface area contributed by atoms with Gasteiger partial charge in [0.1, 0.15) is 23.4 Å². The first-order valence-corrected chi connectivity index (χ1v) is 13.0. The Morgan fingerprint density at radius 2 is 1.76 bits per heavy atom.